The Morgan fingerprint density at radius 3 is 1.89 bits per heavy atom. The van der Waals surface area contributed by atoms with Crippen molar-refractivity contribution in [2.75, 3.05) is 4.90 Å². The van der Waals surface area contributed by atoms with E-state index >= 15 is 0 Å². The predicted molar refractivity (Wildman–Crippen MR) is 223 cm³/mol. The molecule has 3 heteroatoms. The van der Waals surface area contributed by atoms with Crippen LogP contribution in [-0.4, -0.2) is 4.57 Å². The van der Waals surface area contributed by atoms with Crippen molar-refractivity contribution in [3.05, 3.63) is 194 Å². The minimum absolute atomic E-state index is 0.904. The number of para-hydroxylation sites is 4. The third-order valence-electron chi connectivity index (χ3n) is 10.7. The first-order chi connectivity index (χ1) is 26.3. The number of benzene rings is 9. The van der Waals surface area contributed by atoms with Crippen LogP contribution < -0.4 is 4.90 Å². The molecule has 2 aromatic heterocycles. The van der Waals surface area contributed by atoms with Gasteiger partial charge in [-0.15, -0.1) is 0 Å². The molecule has 0 atom stereocenters. The minimum Gasteiger partial charge on any atom is -0.455 e. The van der Waals surface area contributed by atoms with Gasteiger partial charge in [-0.2, -0.15) is 0 Å². The highest BCUT2D eigenvalue weighted by Crippen LogP contribution is 2.47. The molecule has 0 N–H and O–H groups in total. The molecule has 0 unspecified atom stereocenters. The number of fused-ring (bicyclic) bond motifs is 9. The maximum atomic E-state index is 6.94. The molecule has 11 aromatic rings. The van der Waals surface area contributed by atoms with Crippen LogP contribution in [0.4, 0.5) is 17.1 Å². The number of rotatable bonds is 5. The van der Waals surface area contributed by atoms with E-state index in [1.165, 1.54) is 32.6 Å². The predicted octanol–water partition coefficient (Wildman–Crippen LogP) is 14.1. The highest BCUT2D eigenvalue weighted by atomic mass is 16.3. The van der Waals surface area contributed by atoms with Gasteiger partial charge in [0.2, 0.25) is 0 Å². The molecule has 9 aromatic carbocycles. The Balaban J connectivity index is 1.17. The molecule has 0 aliphatic carbocycles. The fraction of sp³-hybridized carbons (Fsp3) is 0. The molecule has 2 heterocycles. The first kappa shape index (κ1) is 29.6. The maximum Gasteiger partial charge on any atom is 0.143 e. The average Bonchev–Trinajstić information content (AvgIpc) is 3.77. The zero-order valence-corrected chi connectivity index (χ0v) is 28.8. The van der Waals surface area contributed by atoms with Crippen LogP contribution in [0.1, 0.15) is 0 Å². The summed E-state index contributed by atoms with van der Waals surface area (Å²) in [5, 5.41) is 9.29. The standard InChI is InChI=1S/C50H32N2O/c1-3-16-36(17-4-1)51(38-28-29-47-44(31-38)41-21-11-12-25-46(41)52(47)37-18-5-2-6-19-37)48-32-45-43-24-13-23-39(35-27-26-33-14-7-8-15-34(33)30-35)49(43)53-50(45)42-22-10-9-20-40(42)48/h1-32H. The Kier molecular flexibility index (Phi) is 6.55. The fourth-order valence-corrected chi connectivity index (χ4v) is 8.33. The second-order valence-electron chi connectivity index (χ2n) is 13.7. The summed E-state index contributed by atoms with van der Waals surface area (Å²) in [5.74, 6) is 0. The van der Waals surface area contributed by atoms with Crippen molar-refractivity contribution in [3.63, 3.8) is 0 Å². The second kappa shape index (κ2) is 11.7. The molecule has 248 valence electrons. The van der Waals surface area contributed by atoms with E-state index in [9.17, 15) is 0 Å². The van der Waals surface area contributed by atoms with Gasteiger partial charge in [-0.05, 0) is 77.0 Å². The Hall–Kier alpha value is -7.10. The van der Waals surface area contributed by atoms with Gasteiger partial charge < -0.3 is 13.9 Å². The Morgan fingerprint density at radius 2 is 1.04 bits per heavy atom. The molecule has 0 radical (unpaired) electrons. The van der Waals surface area contributed by atoms with Crippen LogP contribution in [0.5, 0.6) is 0 Å². The van der Waals surface area contributed by atoms with Crippen molar-refractivity contribution >= 4 is 82.4 Å². The summed E-state index contributed by atoms with van der Waals surface area (Å²) in [7, 11) is 0. The van der Waals surface area contributed by atoms with Crippen molar-refractivity contribution in [2.24, 2.45) is 0 Å². The van der Waals surface area contributed by atoms with E-state index in [1.54, 1.807) is 0 Å². The number of hydrogen-bond acceptors (Lipinski definition) is 2. The van der Waals surface area contributed by atoms with Gasteiger partial charge in [-0.1, -0.05) is 133 Å². The van der Waals surface area contributed by atoms with Crippen molar-refractivity contribution in [2.45, 2.75) is 0 Å². The van der Waals surface area contributed by atoms with Gasteiger partial charge in [0.1, 0.15) is 11.2 Å². The van der Waals surface area contributed by atoms with Gasteiger partial charge >= 0.3 is 0 Å². The van der Waals surface area contributed by atoms with E-state index in [-0.39, 0.29) is 0 Å². The number of furan rings is 1. The molecular weight excluding hydrogens is 645 g/mol. The summed E-state index contributed by atoms with van der Waals surface area (Å²) in [6.45, 7) is 0. The summed E-state index contributed by atoms with van der Waals surface area (Å²) in [5.41, 5.74) is 10.8. The lowest BCUT2D eigenvalue weighted by atomic mass is 9.98. The van der Waals surface area contributed by atoms with Gasteiger partial charge in [0.15, 0.2) is 0 Å². The summed E-state index contributed by atoms with van der Waals surface area (Å²) in [4.78, 5) is 2.40. The SMILES string of the molecule is c1ccc(N(c2ccc3c(c2)c2ccccc2n3-c2ccccc2)c2cc3c4cccc(-c5ccc6ccccc6c5)c4oc3c3ccccc23)cc1. The van der Waals surface area contributed by atoms with Crippen LogP contribution in [0, 0.1) is 0 Å². The molecule has 0 aliphatic heterocycles. The first-order valence-electron chi connectivity index (χ1n) is 18.1. The quantitative estimate of drug-likeness (QED) is 0.181. The molecule has 0 saturated heterocycles. The molecule has 0 bridgehead atoms. The Morgan fingerprint density at radius 1 is 0.377 bits per heavy atom. The van der Waals surface area contributed by atoms with Crippen molar-refractivity contribution < 1.29 is 4.42 Å². The molecule has 0 aliphatic rings. The van der Waals surface area contributed by atoms with Gasteiger partial charge in [0.05, 0.1) is 16.7 Å². The van der Waals surface area contributed by atoms with Gasteiger partial charge in [0.25, 0.3) is 0 Å². The number of nitrogens with zero attached hydrogens (tertiary/aromatic N) is 2. The number of aromatic nitrogens is 1. The van der Waals surface area contributed by atoms with E-state index in [1.807, 2.05) is 0 Å². The molecule has 0 amide bonds. The van der Waals surface area contributed by atoms with E-state index < -0.39 is 0 Å². The Bertz CT molecular complexity index is 3170. The average molecular weight is 677 g/mol. The highest BCUT2D eigenvalue weighted by Gasteiger charge is 2.22. The largest absolute Gasteiger partial charge is 0.455 e. The smallest absolute Gasteiger partial charge is 0.143 e. The fourth-order valence-electron chi connectivity index (χ4n) is 8.33. The summed E-state index contributed by atoms with van der Waals surface area (Å²) < 4.78 is 9.31. The van der Waals surface area contributed by atoms with Gasteiger partial charge in [0, 0.05) is 54.9 Å². The van der Waals surface area contributed by atoms with Gasteiger partial charge in [-0.25, -0.2) is 0 Å². The van der Waals surface area contributed by atoms with Gasteiger partial charge in [-0.3, -0.25) is 0 Å². The van der Waals surface area contributed by atoms with Crippen LogP contribution in [0.25, 0.3) is 82.1 Å². The number of hydrogen-bond donors (Lipinski definition) is 0. The van der Waals surface area contributed by atoms with Crippen molar-refractivity contribution in [1.29, 1.82) is 0 Å². The van der Waals surface area contributed by atoms with Crippen LogP contribution in [-0.2, 0) is 0 Å². The molecular formula is C50H32N2O. The first-order valence-corrected chi connectivity index (χ1v) is 18.1. The van der Waals surface area contributed by atoms with Crippen LogP contribution in [0.15, 0.2) is 199 Å². The van der Waals surface area contributed by atoms with Crippen molar-refractivity contribution in [3.8, 4) is 16.8 Å². The minimum atomic E-state index is 0.904. The lowest BCUT2D eigenvalue weighted by Gasteiger charge is -2.27. The lowest BCUT2D eigenvalue weighted by Crippen LogP contribution is -2.10. The maximum absolute atomic E-state index is 6.94. The molecule has 0 spiro atoms. The van der Waals surface area contributed by atoms with Crippen LogP contribution >= 0.6 is 0 Å². The van der Waals surface area contributed by atoms with E-state index in [0.29, 0.717) is 0 Å². The van der Waals surface area contributed by atoms with Crippen LogP contribution in [0.3, 0.4) is 0 Å². The normalized spacial score (nSPS) is 11.8. The number of anilines is 3. The monoisotopic (exact) mass is 676 g/mol. The molecule has 3 nitrogen and oxygen atoms in total. The zero-order chi connectivity index (χ0) is 34.9. The highest BCUT2D eigenvalue weighted by molar-refractivity contribution is 6.21. The lowest BCUT2D eigenvalue weighted by molar-refractivity contribution is 0.674. The molecule has 53 heavy (non-hydrogen) atoms. The topological polar surface area (TPSA) is 21.3 Å². The third-order valence-corrected chi connectivity index (χ3v) is 10.7. The molecule has 11 rings (SSSR count). The summed E-state index contributed by atoms with van der Waals surface area (Å²) in [6.07, 6.45) is 0. The van der Waals surface area contributed by atoms with E-state index in [4.69, 9.17) is 4.42 Å². The van der Waals surface area contributed by atoms with E-state index in [0.717, 1.165) is 66.6 Å². The van der Waals surface area contributed by atoms with Crippen molar-refractivity contribution in [1.82, 2.24) is 4.57 Å². The second-order valence-corrected chi connectivity index (χ2v) is 13.7. The summed E-state index contributed by atoms with van der Waals surface area (Å²) >= 11 is 0. The third kappa shape index (κ3) is 4.61. The van der Waals surface area contributed by atoms with E-state index in [2.05, 4.69) is 204 Å². The Labute approximate surface area is 306 Å². The summed E-state index contributed by atoms with van der Waals surface area (Å²) in [6, 6.07) is 69.6. The molecule has 0 saturated carbocycles. The molecule has 0 fully saturated rings. The zero-order valence-electron chi connectivity index (χ0n) is 28.8. The van der Waals surface area contributed by atoms with Crippen LogP contribution in [0.2, 0.25) is 0 Å².